The lowest BCUT2D eigenvalue weighted by molar-refractivity contribution is 0.321. The number of nitrogens with zero attached hydrogens (tertiary/aromatic N) is 2. The Kier molecular flexibility index (Phi) is 4.34. The van der Waals surface area contributed by atoms with E-state index in [0.29, 0.717) is 5.92 Å². The molecule has 0 bridgehead atoms. The molecule has 118 valence electrons. The molecule has 0 aliphatic carbocycles. The van der Waals surface area contributed by atoms with Gasteiger partial charge in [-0.2, -0.15) is 0 Å². The van der Waals surface area contributed by atoms with E-state index in [9.17, 15) is 0 Å². The average molecular weight is 302 g/mol. The highest BCUT2D eigenvalue weighted by atomic mass is 16.5. The van der Waals surface area contributed by atoms with Crippen LogP contribution in [0.5, 0.6) is 11.5 Å². The first kappa shape index (κ1) is 14.9. The second-order valence-electron chi connectivity index (χ2n) is 5.69. The number of hydrogen-bond donors (Lipinski definition) is 0. The van der Waals surface area contributed by atoms with Gasteiger partial charge in [-0.3, -0.25) is 4.90 Å². The second-order valence-corrected chi connectivity index (χ2v) is 5.69. The van der Waals surface area contributed by atoms with Gasteiger partial charge in [0, 0.05) is 31.5 Å². The summed E-state index contributed by atoms with van der Waals surface area (Å²) in [7, 11) is 3.41. The van der Waals surface area contributed by atoms with E-state index in [2.05, 4.69) is 16.0 Å². The Bertz CT molecular complexity index is 639. The van der Waals surface area contributed by atoms with Crippen molar-refractivity contribution in [2.45, 2.75) is 25.8 Å². The maximum absolute atomic E-state index is 5.51. The van der Waals surface area contributed by atoms with Crippen LogP contribution in [0.1, 0.15) is 29.5 Å². The standard InChI is InChI=1S/C17H22N2O3/c1-12-18-14(11-22-12)10-19-7-6-13(9-19)16-8-15(20-2)4-5-17(16)21-3/h4-5,8,11,13H,6-7,9-10H2,1-3H3/t13-/m0/s1. The zero-order valence-electron chi connectivity index (χ0n) is 13.3. The first-order valence-electron chi connectivity index (χ1n) is 7.55. The van der Waals surface area contributed by atoms with Crippen molar-refractivity contribution >= 4 is 0 Å². The lowest BCUT2D eigenvalue weighted by atomic mass is 9.97. The van der Waals surface area contributed by atoms with Crippen molar-refractivity contribution in [2.24, 2.45) is 0 Å². The quantitative estimate of drug-likeness (QED) is 0.849. The molecule has 2 heterocycles. The predicted octanol–water partition coefficient (Wildman–Crippen LogP) is 2.99. The lowest BCUT2D eigenvalue weighted by Gasteiger charge is -2.17. The molecule has 0 saturated carbocycles. The van der Waals surface area contributed by atoms with Gasteiger partial charge < -0.3 is 13.9 Å². The average Bonchev–Trinajstić information content (AvgIpc) is 3.16. The van der Waals surface area contributed by atoms with Gasteiger partial charge in [0.05, 0.1) is 19.9 Å². The highest BCUT2D eigenvalue weighted by Crippen LogP contribution is 2.36. The number of likely N-dealkylation sites (tertiary alicyclic amines) is 1. The third-order valence-electron chi connectivity index (χ3n) is 4.20. The molecule has 5 heteroatoms. The molecule has 5 nitrogen and oxygen atoms in total. The minimum absolute atomic E-state index is 0.457. The monoisotopic (exact) mass is 302 g/mol. The molecule has 0 spiro atoms. The summed E-state index contributed by atoms with van der Waals surface area (Å²) in [4.78, 5) is 6.78. The molecule has 1 saturated heterocycles. The van der Waals surface area contributed by atoms with Gasteiger partial charge in [-0.1, -0.05) is 0 Å². The number of benzene rings is 1. The fourth-order valence-corrected chi connectivity index (χ4v) is 3.10. The van der Waals surface area contributed by atoms with Crippen LogP contribution in [-0.2, 0) is 6.54 Å². The summed E-state index contributed by atoms with van der Waals surface area (Å²) in [5.74, 6) is 2.99. The second kappa shape index (κ2) is 6.40. The third-order valence-corrected chi connectivity index (χ3v) is 4.20. The van der Waals surface area contributed by atoms with Crippen LogP contribution in [0.2, 0.25) is 0 Å². The summed E-state index contributed by atoms with van der Waals surface area (Å²) >= 11 is 0. The molecule has 1 atom stereocenters. The van der Waals surface area contributed by atoms with Gasteiger partial charge in [0.15, 0.2) is 5.89 Å². The number of aryl methyl sites for hydroxylation is 1. The van der Waals surface area contributed by atoms with Gasteiger partial charge in [0.2, 0.25) is 0 Å². The molecule has 2 aromatic rings. The van der Waals surface area contributed by atoms with Gasteiger partial charge >= 0.3 is 0 Å². The molecule has 1 aromatic carbocycles. The molecule has 0 radical (unpaired) electrons. The van der Waals surface area contributed by atoms with Gasteiger partial charge in [-0.25, -0.2) is 4.98 Å². The van der Waals surface area contributed by atoms with Crippen molar-refractivity contribution < 1.29 is 13.9 Å². The first-order chi connectivity index (χ1) is 10.7. The fraction of sp³-hybridized carbons (Fsp3) is 0.471. The van der Waals surface area contributed by atoms with E-state index in [1.165, 1.54) is 5.56 Å². The summed E-state index contributed by atoms with van der Waals surface area (Å²) in [6.07, 6.45) is 2.86. The van der Waals surface area contributed by atoms with E-state index < -0.39 is 0 Å². The van der Waals surface area contributed by atoms with E-state index in [1.807, 2.05) is 19.1 Å². The largest absolute Gasteiger partial charge is 0.497 e. The highest BCUT2D eigenvalue weighted by Gasteiger charge is 2.27. The van der Waals surface area contributed by atoms with Gasteiger partial charge in [-0.15, -0.1) is 0 Å². The Morgan fingerprint density at radius 1 is 1.32 bits per heavy atom. The molecule has 0 unspecified atom stereocenters. The Morgan fingerprint density at radius 2 is 2.18 bits per heavy atom. The van der Waals surface area contributed by atoms with E-state index in [0.717, 1.165) is 49.1 Å². The molecule has 0 N–H and O–H groups in total. The van der Waals surface area contributed by atoms with Crippen molar-refractivity contribution in [1.29, 1.82) is 0 Å². The van der Waals surface area contributed by atoms with E-state index in [-0.39, 0.29) is 0 Å². The summed E-state index contributed by atoms with van der Waals surface area (Å²) < 4.78 is 16.1. The fourth-order valence-electron chi connectivity index (χ4n) is 3.10. The van der Waals surface area contributed by atoms with Crippen molar-refractivity contribution in [2.75, 3.05) is 27.3 Å². The van der Waals surface area contributed by atoms with E-state index in [1.54, 1.807) is 20.5 Å². The minimum Gasteiger partial charge on any atom is -0.497 e. The molecule has 1 fully saturated rings. The van der Waals surface area contributed by atoms with Crippen LogP contribution in [0.3, 0.4) is 0 Å². The summed E-state index contributed by atoms with van der Waals surface area (Å²) in [5.41, 5.74) is 2.22. The first-order valence-corrected chi connectivity index (χ1v) is 7.55. The Hall–Kier alpha value is -2.01. The van der Waals surface area contributed by atoms with Crippen molar-refractivity contribution in [3.05, 3.63) is 41.6 Å². The molecular weight excluding hydrogens is 280 g/mol. The number of hydrogen-bond acceptors (Lipinski definition) is 5. The normalized spacial score (nSPS) is 18.6. The molecule has 1 aliphatic rings. The minimum atomic E-state index is 0.457. The number of rotatable bonds is 5. The van der Waals surface area contributed by atoms with Crippen LogP contribution in [0.15, 0.2) is 28.9 Å². The van der Waals surface area contributed by atoms with Crippen LogP contribution in [0.4, 0.5) is 0 Å². The molecule has 1 aliphatic heterocycles. The smallest absolute Gasteiger partial charge is 0.191 e. The summed E-state index contributed by atoms with van der Waals surface area (Å²) in [6.45, 7) is 4.75. The number of aromatic nitrogens is 1. The van der Waals surface area contributed by atoms with Crippen molar-refractivity contribution in [3.8, 4) is 11.5 Å². The van der Waals surface area contributed by atoms with Crippen LogP contribution in [0, 0.1) is 6.92 Å². The zero-order chi connectivity index (χ0) is 15.5. The van der Waals surface area contributed by atoms with Gasteiger partial charge in [0.25, 0.3) is 0 Å². The summed E-state index contributed by atoms with van der Waals surface area (Å²) in [5, 5.41) is 0. The van der Waals surface area contributed by atoms with Crippen LogP contribution in [0.25, 0.3) is 0 Å². The number of methoxy groups -OCH3 is 2. The highest BCUT2D eigenvalue weighted by molar-refractivity contribution is 5.43. The Balaban J connectivity index is 1.72. The maximum atomic E-state index is 5.51. The van der Waals surface area contributed by atoms with Crippen LogP contribution >= 0.6 is 0 Å². The molecule has 0 amide bonds. The molecule has 22 heavy (non-hydrogen) atoms. The molecule has 3 rings (SSSR count). The van der Waals surface area contributed by atoms with Gasteiger partial charge in [-0.05, 0) is 31.2 Å². The zero-order valence-corrected chi connectivity index (χ0v) is 13.3. The number of ether oxygens (including phenoxy) is 2. The third kappa shape index (κ3) is 3.09. The van der Waals surface area contributed by atoms with E-state index >= 15 is 0 Å². The van der Waals surface area contributed by atoms with Crippen LogP contribution in [-0.4, -0.2) is 37.2 Å². The SMILES string of the molecule is COc1ccc(OC)c([C@H]2CCN(Cc3coc(C)n3)C2)c1. The molecule has 1 aromatic heterocycles. The van der Waals surface area contributed by atoms with Crippen molar-refractivity contribution in [1.82, 2.24) is 9.88 Å². The summed E-state index contributed by atoms with van der Waals surface area (Å²) in [6, 6.07) is 6.01. The van der Waals surface area contributed by atoms with Gasteiger partial charge in [0.1, 0.15) is 17.8 Å². The predicted molar refractivity (Wildman–Crippen MR) is 83.4 cm³/mol. The topological polar surface area (TPSA) is 47.7 Å². The van der Waals surface area contributed by atoms with Crippen molar-refractivity contribution in [3.63, 3.8) is 0 Å². The Morgan fingerprint density at radius 3 is 2.86 bits per heavy atom. The maximum Gasteiger partial charge on any atom is 0.191 e. The Labute approximate surface area is 130 Å². The van der Waals surface area contributed by atoms with Crippen LogP contribution < -0.4 is 9.47 Å². The number of oxazole rings is 1. The lowest BCUT2D eigenvalue weighted by Crippen LogP contribution is -2.20. The van der Waals surface area contributed by atoms with E-state index in [4.69, 9.17) is 13.9 Å². The molecular formula is C17H22N2O3.